The van der Waals surface area contributed by atoms with Crippen molar-refractivity contribution in [3.63, 3.8) is 0 Å². The van der Waals surface area contributed by atoms with Crippen molar-refractivity contribution in [1.29, 1.82) is 0 Å². The molecule has 2 rings (SSSR count). The smallest absolute Gasteiger partial charge is 0.106 e. The van der Waals surface area contributed by atoms with Crippen molar-refractivity contribution >= 4 is 33.0 Å². The van der Waals surface area contributed by atoms with Gasteiger partial charge in [-0.3, -0.25) is 0 Å². The topological polar surface area (TPSA) is 50.9 Å². The fourth-order valence-corrected chi connectivity index (χ4v) is 2.09. The largest absolute Gasteiger partial charge is 0.397 e. The van der Waals surface area contributed by atoms with Gasteiger partial charge in [0.15, 0.2) is 0 Å². The highest BCUT2D eigenvalue weighted by Gasteiger charge is 2.05. The van der Waals surface area contributed by atoms with Crippen LogP contribution >= 0.6 is 15.9 Å². The summed E-state index contributed by atoms with van der Waals surface area (Å²) in [6, 6.07) is 7.83. The molecule has 0 aliphatic carbocycles. The van der Waals surface area contributed by atoms with Crippen molar-refractivity contribution in [2.45, 2.75) is 13.8 Å². The zero-order chi connectivity index (χ0) is 12.4. The number of aryl methyl sites for hydroxylation is 2. The third kappa shape index (κ3) is 2.58. The Morgan fingerprint density at radius 1 is 1.24 bits per heavy atom. The number of para-hydroxylation sites is 1. The number of halogens is 1. The maximum atomic E-state index is 5.96. The van der Waals surface area contributed by atoms with Crippen LogP contribution in [-0.2, 0) is 0 Å². The van der Waals surface area contributed by atoms with Gasteiger partial charge in [-0.2, -0.15) is 0 Å². The Bertz CT molecular complexity index is 532. The average Bonchev–Trinajstić information content (AvgIpc) is 2.26. The molecule has 0 radical (unpaired) electrons. The minimum atomic E-state index is 0.743. The molecule has 0 aliphatic rings. The van der Waals surface area contributed by atoms with Crippen LogP contribution in [0, 0.1) is 13.8 Å². The molecule has 0 saturated heterocycles. The fourth-order valence-electron chi connectivity index (χ4n) is 1.65. The molecule has 17 heavy (non-hydrogen) atoms. The molecule has 1 aromatic heterocycles. The van der Waals surface area contributed by atoms with E-state index in [0.29, 0.717) is 0 Å². The van der Waals surface area contributed by atoms with Crippen LogP contribution in [0.15, 0.2) is 35.1 Å². The number of anilines is 3. The van der Waals surface area contributed by atoms with Crippen LogP contribution < -0.4 is 11.1 Å². The summed E-state index contributed by atoms with van der Waals surface area (Å²) >= 11 is 3.35. The van der Waals surface area contributed by atoms with E-state index < -0.39 is 0 Å². The summed E-state index contributed by atoms with van der Waals surface area (Å²) < 4.78 is 0.832. The Kier molecular flexibility index (Phi) is 3.33. The SMILES string of the molecule is Cc1cc(Br)ncc1Nc1c(C)cccc1N. The van der Waals surface area contributed by atoms with Crippen molar-refractivity contribution in [1.82, 2.24) is 4.98 Å². The molecule has 88 valence electrons. The monoisotopic (exact) mass is 291 g/mol. The van der Waals surface area contributed by atoms with Gasteiger partial charge in [-0.25, -0.2) is 4.98 Å². The number of hydrogen-bond acceptors (Lipinski definition) is 3. The second-order valence-corrected chi connectivity index (χ2v) is 4.80. The average molecular weight is 292 g/mol. The molecule has 3 nitrogen and oxygen atoms in total. The lowest BCUT2D eigenvalue weighted by Gasteiger charge is -2.13. The minimum absolute atomic E-state index is 0.743. The third-order valence-electron chi connectivity index (χ3n) is 2.64. The number of aromatic nitrogens is 1. The highest BCUT2D eigenvalue weighted by Crippen LogP contribution is 2.28. The molecule has 0 atom stereocenters. The number of rotatable bonds is 2. The van der Waals surface area contributed by atoms with Gasteiger partial charge in [-0.05, 0) is 53.0 Å². The van der Waals surface area contributed by atoms with E-state index in [1.807, 2.05) is 38.1 Å². The van der Waals surface area contributed by atoms with Gasteiger partial charge in [-0.1, -0.05) is 12.1 Å². The van der Waals surface area contributed by atoms with Gasteiger partial charge < -0.3 is 11.1 Å². The predicted molar refractivity (Wildman–Crippen MR) is 75.5 cm³/mol. The summed E-state index contributed by atoms with van der Waals surface area (Å²) in [4.78, 5) is 4.21. The maximum Gasteiger partial charge on any atom is 0.106 e. The summed E-state index contributed by atoms with van der Waals surface area (Å²) in [5, 5.41) is 3.33. The van der Waals surface area contributed by atoms with Gasteiger partial charge in [0.2, 0.25) is 0 Å². The van der Waals surface area contributed by atoms with E-state index in [1.54, 1.807) is 6.20 Å². The molecule has 0 unspecified atom stereocenters. The Morgan fingerprint density at radius 2 is 2.00 bits per heavy atom. The minimum Gasteiger partial charge on any atom is -0.397 e. The molecular formula is C13H14BrN3. The molecule has 0 fully saturated rings. The van der Waals surface area contributed by atoms with Crippen LogP contribution in [-0.4, -0.2) is 4.98 Å². The van der Waals surface area contributed by atoms with Crippen molar-refractivity contribution in [3.05, 3.63) is 46.2 Å². The Labute approximate surface area is 109 Å². The summed E-state index contributed by atoms with van der Waals surface area (Å²) in [6.45, 7) is 4.06. The van der Waals surface area contributed by atoms with Crippen LogP contribution in [0.5, 0.6) is 0 Å². The predicted octanol–water partition coefficient (Wildman–Crippen LogP) is 3.79. The first kappa shape index (κ1) is 11.9. The van der Waals surface area contributed by atoms with Crippen LogP contribution in [0.2, 0.25) is 0 Å². The molecule has 0 amide bonds. The first-order valence-corrected chi connectivity index (χ1v) is 6.11. The molecule has 3 N–H and O–H groups in total. The Hall–Kier alpha value is -1.55. The highest BCUT2D eigenvalue weighted by molar-refractivity contribution is 9.10. The van der Waals surface area contributed by atoms with Gasteiger partial charge >= 0.3 is 0 Å². The number of pyridine rings is 1. The van der Waals surface area contributed by atoms with Crippen LogP contribution in [0.25, 0.3) is 0 Å². The van der Waals surface area contributed by atoms with Crippen molar-refractivity contribution in [3.8, 4) is 0 Å². The van der Waals surface area contributed by atoms with Crippen LogP contribution in [0.4, 0.5) is 17.1 Å². The molecule has 2 aromatic rings. The van der Waals surface area contributed by atoms with Gasteiger partial charge in [0.1, 0.15) is 4.60 Å². The summed E-state index contributed by atoms with van der Waals surface area (Å²) in [6.07, 6.45) is 1.80. The van der Waals surface area contributed by atoms with Gasteiger partial charge in [0, 0.05) is 0 Å². The van der Waals surface area contributed by atoms with Crippen molar-refractivity contribution in [2.75, 3.05) is 11.1 Å². The molecule has 0 aliphatic heterocycles. The van der Waals surface area contributed by atoms with Gasteiger partial charge in [0.05, 0.1) is 23.3 Å². The normalized spacial score (nSPS) is 10.3. The van der Waals surface area contributed by atoms with E-state index in [4.69, 9.17) is 5.73 Å². The summed E-state index contributed by atoms with van der Waals surface area (Å²) in [5.74, 6) is 0. The number of nitrogens with zero attached hydrogens (tertiary/aromatic N) is 1. The molecule has 0 saturated carbocycles. The van der Waals surface area contributed by atoms with E-state index in [1.165, 1.54) is 0 Å². The van der Waals surface area contributed by atoms with Crippen LogP contribution in [0.3, 0.4) is 0 Å². The van der Waals surface area contributed by atoms with E-state index >= 15 is 0 Å². The maximum absolute atomic E-state index is 5.96. The first-order chi connectivity index (χ1) is 8.08. The van der Waals surface area contributed by atoms with E-state index in [9.17, 15) is 0 Å². The second-order valence-electron chi connectivity index (χ2n) is 3.99. The molecule has 0 spiro atoms. The van der Waals surface area contributed by atoms with Crippen LogP contribution in [0.1, 0.15) is 11.1 Å². The van der Waals surface area contributed by atoms with Crippen molar-refractivity contribution in [2.24, 2.45) is 0 Å². The lowest BCUT2D eigenvalue weighted by molar-refractivity contribution is 1.23. The second kappa shape index (κ2) is 4.75. The Morgan fingerprint density at radius 3 is 2.65 bits per heavy atom. The zero-order valence-electron chi connectivity index (χ0n) is 9.79. The van der Waals surface area contributed by atoms with E-state index in [0.717, 1.165) is 32.8 Å². The molecule has 0 bridgehead atoms. The van der Waals surface area contributed by atoms with Gasteiger partial charge in [0.25, 0.3) is 0 Å². The first-order valence-electron chi connectivity index (χ1n) is 5.32. The van der Waals surface area contributed by atoms with Gasteiger partial charge in [-0.15, -0.1) is 0 Å². The standard InChI is InChI=1S/C13H14BrN3/c1-8-4-3-5-10(15)13(8)17-11-7-16-12(14)6-9(11)2/h3-7,17H,15H2,1-2H3. The fraction of sp³-hybridized carbons (Fsp3) is 0.154. The number of nitrogens with one attached hydrogen (secondary N) is 1. The quantitative estimate of drug-likeness (QED) is 0.654. The van der Waals surface area contributed by atoms with E-state index in [2.05, 4.69) is 26.2 Å². The molecule has 4 heteroatoms. The number of benzene rings is 1. The number of nitrogen functional groups attached to an aromatic ring is 1. The van der Waals surface area contributed by atoms with E-state index in [-0.39, 0.29) is 0 Å². The molecule has 1 heterocycles. The summed E-state index contributed by atoms with van der Waals surface area (Å²) in [5.41, 5.74) is 10.8. The summed E-state index contributed by atoms with van der Waals surface area (Å²) in [7, 11) is 0. The molecular weight excluding hydrogens is 278 g/mol. The zero-order valence-corrected chi connectivity index (χ0v) is 11.4. The number of hydrogen-bond donors (Lipinski definition) is 2. The lowest BCUT2D eigenvalue weighted by atomic mass is 10.1. The lowest BCUT2D eigenvalue weighted by Crippen LogP contribution is -2.00. The number of nitrogens with two attached hydrogens (primary N) is 1. The highest BCUT2D eigenvalue weighted by atomic mass is 79.9. The Balaban J connectivity index is 2.38. The molecule has 1 aromatic carbocycles. The third-order valence-corrected chi connectivity index (χ3v) is 3.08. The van der Waals surface area contributed by atoms with Crippen molar-refractivity contribution < 1.29 is 0 Å².